The van der Waals surface area contributed by atoms with Crippen LogP contribution in [-0.2, 0) is 11.3 Å². The zero-order valence-corrected chi connectivity index (χ0v) is 16.7. The number of carbonyl (C=O) groups is 1. The van der Waals surface area contributed by atoms with Gasteiger partial charge in [-0.05, 0) is 48.0 Å². The number of methoxy groups -OCH3 is 1. The fourth-order valence-corrected chi connectivity index (χ4v) is 3.85. The molecule has 4 nitrogen and oxygen atoms in total. The molecule has 27 heavy (non-hydrogen) atoms. The molecule has 0 bridgehead atoms. The number of nitrogens with one attached hydrogen (secondary N) is 1. The van der Waals surface area contributed by atoms with Crippen molar-refractivity contribution in [2.24, 2.45) is 0 Å². The van der Waals surface area contributed by atoms with E-state index in [2.05, 4.69) is 50.1 Å². The molecule has 1 amide bonds. The van der Waals surface area contributed by atoms with Gasteiger partial charge in [0.15, 0.2) is 0 Å². The van der Waals surface area contributed by atoms with Crippen LogP contribution in [0.3, 0.4) is 0 Å². The van der Waals surface area contributed by atoms with Crippen LogP contribution in [0.5, 0.6) is 5.75 Å². The third-order valence-corrected chi connectivity index (χ3v) is 5.45. The van der Waals surface area contributed by atoms with Crippen LogP contribution in [0.15, 0.2) is 65.1 Å². The highest BCUT2D eigenvalue weighted by atomic mass is 79.9. The first kappa shape index (κ1) is 17.6. The SMILES string of the molecule is COc1ccc(Br)c(Cn2c3ccccc3c3cc(NC(C)=O)ccc32)c1. The fraction of sp³-hybridized carbons (Fsp3) is 0.136. The highest BCUT2D eigenvalue weighted by Gasteiger charge is 2.13. The number of rotatable bonds is 4. The number of para-hydroxylation sites is 1. The number of halogens is 1. The van der Waals surface area contributed by atoms with Gasteiger partial charge >= 0.3 is 0 Å². The summed E-state index contributed by atoms with van der Waals surface area (Å²) in [6.07, 6.45) is 0. The third-order valence-electron chi connectivity index (χ3n) is 4.67. The van der Waals surface area contributed by atoms with E-state index in [1.54, 1.807) is 7.11 Å². The van der Waals surface area contributed by atoms with Crippen molar-refractivity contribution in [3.05, 3.63) is 70.7 Å². The summed E-state index contributed by atoms with van der Waals surface area (Å²) in [5.74, 6) is 0.764. The number of ether oxygens (including phenoxy) is 1. The van der Waals surface area contributed by atoms with Gasteiger partial charge in [0.1, 0.15) is 5.75 Å². The normalized spacial score (nSPS) is 11.1. The van der Waals surface area contributed by atoms with Gasteiger partial charge in [0.2, 0.25) is 5.91 Å². The van der Waals surface area contributed by atoms with Crippen LogP contribution in [0.1, 0.15) is 12.5 Å². The van der Waals surface area contributed by atoms with Crippen molar-refractivity contribution in [3.8, 4) is 5.75 Å². The van der Waals surface area contributed by atoms with Crippen LogP contribution in [0.2, 0.25) is 0 Å². The van der Waals surface area contributed by atoms with E-state index in [4.69, 9.17) is 4.74 Å². The van der Waals surface area contributed by atoms with Gasteiger partial charge in [-0.3, -0.25) is 4.79 Å². The van der Waals surface area contributed by atoms with Crippen molar-refractivity contribution in [2.45, 2.75) is 13.5 Å². The predicted molar refractivity (Wildman–Crippen MR) is 114 cm³/mol. The smallest absolute Gasteiger partial charge is 0.221 e. The van der Waals surface area contributed by atoms with E-state index in [-0.39, 0.29) is 5.91 Å². The summed E-state index contributed by atoms with van der Waals surface area (Å²) in [6.45, 7) is 2.23. The molecule has 4 rings (SSSR count). The number of carbonyl (C=O) groups excluding carboxylic acids is 1. The molecule has 3 aromatic carbocycles. The molecule has 1 aromatic heterocycles. The molecule has 0 aliphatic carbocycles. The predicted octanol–water partition coefficient (Wildman–Crippen LogP) is 5.57. The van der Waals surface area contributed by atoms with Crippen LogP contribution < -0.4 is 10.1 Å². The molecule has 136 valence electrons. The van der Waals surface area contributed by atoms with E-state index >= 15 is 0 Å². The molecule has 1 N–H and O–H groups in total. The molecule has 0 unspecified atom stereocenters. The number of anilines is 1. The fourth-order valence-electron chi connectivity index (χ4n) is 3.47. The number of benzene rings is 3. The lowest BCUT2D eigenvalue weighted by Crippen LogP contribution is -2.05. The molecular formula is C22H19BrN2O2. The summed E-state index contributed by atoms with van der Waals surface area (Å²) in [6, 6.07) is 20.4. The Morgan fingerprint density at radius 1 is 1.04 bits per heavy atom. The number of amides is 1. The van der Waals surface area contributed by atoms with Crippen LogP contribution >= 0.6 is 15.9 Å². The van der Waals surface area contributed by atoms with Gasteiger partial charge < -0.3 is 14.6 Å². The lowest BCUT2D eigenvalue weighted by molar-refractivity contribution is -0.114. The van der Waals surface area contributed by atoms with E-state index in [9.17, 15) is 4.79 Å². The molecule has 0 fully saturated rings. The van der Waals surface area contributed by atoms with Gasteiger partial charge in [0.05, 0.1) is 7.11 Å². The van der Waals surface area contributed by atoms with E-state index in [1.807, 2.05) is 36.4 Å². The highest BCUT2D eigenvalue weighted by Crippen LogP contribution is 2.33. The summed E-state index contributed by atoms with van der Waals surface area (Å²) in [7, 11) is 1.68. The van der Waals surface area contributed by atoms with Gasteiger partial charge in [0, 0.05) is 45.4 Å². The van der Waals surface area contributed by atoms with Crippen molar-refractivity contribution in [1.82, 2.24) is 4.57 Å². The Morgan fingerprint density at radius 3 is 2.59 bits per heavy atom. The van der Waals surface area contributed by atoms with Gasteiger partial charge in [-0.15, -0.1) is 0 Å². The first-order chi connectivity index (χ1) is 13.1. The Labute approximate surface area is 165 Å². The summed E-state index contributed by atoms with van der Waals surface area (Å²) < 4.78 is 8.73. The minimum atomic E-state index is -0.0709. The van der Waals surface area contributed by atoms with Gasteiger partial charge in [-0.1, -0.05) is 34.1 Å². The molecule has 4 aromatic rings. The molecule has 0 spiro atoms. The lowest BCUT2D eigenvalue weighted by atomic mass is 10.1. The highest BCUT2D eigenvalue weighted by molar-refractivity contribution is 9.10. The number of hydrogen-bond acceptors (Lipinski definition) is 2. The Bertz CT molecular complexity index is 1160. The number of nitrogens with zero attached hydrogens (tertiary/aromatic N) is 1. The number of aromatic nitrogens is 1. The average molecular weight is 423 g/mol. The van der Waals surface area contributed by atoms with Crippen molar-refractivity contribution in [2.75, 3.05) is 12.4 Å². The van der Waals surface area contributed by atoms with Gasteiger partial charge in [-0.2, -0.15) is 0 Å². The quantitative estimate of drug-likeness (QED) is 0.466. The van der Waals surface area contributed by atoms with E-state index in [0.717, 1.165) is 37.9 Å². The lowest BCUT2D eigenvalue weighted by Gasteiger charge is -2.11. The van der Waals surface area contributed by atoms with Gasteiger partial charge in [0.25, 0.3) is 0 Å². The molecule has 0 aliphatic heterocycles. The van der Waals surface area contributed by atoms with Crippen LogP contribution in [0.4, 0.5) is 5.69 Å². The van der Waals surface area contributed by atoms with Crippen LogP contribution in [0.25, 0.3) is 21.8 Å². The van der Waals surface area contributed by atoms with E-state index in [1.165, 1.54) is 12.3 Å². The minimum Gasteiger partial charge on any atom is -0.497 e. The summed E-state index contributed by atoms with van der Waals surface area (Å²) >= 11 is 3.66. The molecule has 1 heterocycles. The maximum absolute atomic E-state index is 11.4. The summed E-state index contributed by atoms with van der Waals surface area (Å²) in [4.78, 5) is 11.4. The second-order valence-electron chi connectivity index (χ2n) is 6.47. The first-order valence-electron chi connectivity index (χ1n) is 8.68. The monoisotopic (exact) mass is 422 g/mol. The Hall–Kier alpha value is -2.79. The number of fused-ring (bicyclic) bond motifs is 3. The Kier molecular flexibility index (Phi) is 4.62. The van der Waals surface area contributed by atoms with Crippen LogP contribution in [0, 0.1) is 0 Å². The molecular weight excluding hydrogens is 404 g/mol. The number of hydrogen-bond donors (Lipinski definition) is 1. The van der Waals surface area contributed by atoms with E-state index in [0.29, 0.717) is 6.54 Å². The largest absolute Gasteiger partial charge is 0.497 e. The molecule has 0 radical (unpaired) electrons. The average Bonchev–Trinajstić information content (AvgIpc) is 2.96. The third kappa shape index (κ3) is 3.30. The molecule has 0 saturated heterocycles. The molecule has 0 aliphatic rings. The van der Waals surface area contributed by atoms with Gasteiger partial charge in [-0.25, -0.2) is 0 Å². The molecule has 0 saturated carbocycles. The van der Waals surface area contributed by atoms with Crippen molar-refractivity contribution in [1.29, 1.82) is 0 Å². The minimum absolute atomic E-state index is 0.0709. The molecule has 0 atom stereocenters. The maximum Gasteiger partial charge on any atom is 0.221 e. The maximum atomic E-state index is 11.4. The van der Waals surface area contributed by atoms with Crippen molar-refractivity contribution in [3.63, 3.8) is 0 Å². The Balaban J connectivity index is 1.90. The summed E-state index contributed by atoms with van der Waals surface area (Å²) in [5, 5.41) is 5.16. The second kappa shape index (κ2) is 7.08. The Morgan fingerprint density at radius 2 is 1.81 bits per heavy atom. The zero-order chi connectivity index (χ0) is 19.0. The topological polar surface area (TPSA) is 43.3 Å². The summed E-state index contributed by atoms with van der Waals surface area (Å²) in [5.41, 5.74) is 4.23. The van der Waals surface area contributed by atoms with Crippen molar-refractivity contribution < 1.29 is 9.53 Å². The zero-order valence-electron chi connectivity index (χ0n) is 15.1. The van der Waals surface area contributed by atoms with Crippen molar-refractivity contribution >= 4 is 49.3 Å². The van der Waals surface area contributed by atoms with Crippen LogP contribution in [-0.4, -0.2) is 17.6 Å². The first-order valence-corrected chi connectivity index (χ1v) is 9.47. The second-order valence-corrected chi connectivity index (χ2v) is 7.33. The van der Waals surface area contributed by atoms with E-state index < -0.39 is 0 Å². The standard InChI is InChI=1S/C22H19BrN2O2/c1-14(26)24-16-7-10-22-19(12-16)18-5-3-4-6-21(18)25(22)13-15-11-17(27-2)8-9-20(15)23/h3-12H,13H2,1-2H3,(H,24,26). The molecule has 5 heteroatoms.